The van der Waals surface area contributed by atoms with Gasteiger partial charge in [-0.3, -0.25) is 28.8 Å². The van der Waals surface area contributed by atoms with Gasteiger partial charge in [-0.1, -0.05) is 54.6 Å². The molecular weight excluding hydrogens is 1270 g/mol. The number of aromatic nitrogens is 3. The summed E-state index contributed by atoms with van der Waals surface area (Å²) >= 11 is 14.1. The van der Waals surface area contributed by atoms with E-state index in [0.29, 0.717) is 49.8 Å². The number of alkyl carbamates (subject to hydrolysis) is 2. The Hall–Kier alpha value is -9.80. The van der Waals surface area contributed by atoms with E-state index < -0.39 is 40.9 Å². The van der Waals surface area contributed by atoms with Crippen LogP contribution < -0.4 is 48.6 Å². The Kier molecular flexibility index (Phi) is 24.3. The molecule has 3 heterocycles. The number of alkyl halides is 2. The number of hydrogen-bond acceptors (Lipinski definition) is 13. The molecule has 9 aromatic rings. The minimum Gasteiger partial charge on any atom is -0.457 e. The number of hydrogen-bond donors (Lipinski definition) is 9. The number of carbonyl (C=O) groups is 6. The van der Waals surface area contributed by atoms with E-state index in [2.05, 4.69) is 57.9 Å². The third-order valence-corrected chi connectivity index (χ3v) is 15.8. The lowest BCUT2D eigenvalue weighted by molar-refractivity contribution is 0.0498. The molecule has 0 fully saturated rings. The molecule has 0 radical (unpaired) electrons. The van der Waals surface area contributed by atoms with Crippen LogP contribution in [-0.4, -0.2) is 75.4 Å². The lowest BCUT2D eigenvalue weighted by atomic mass is 9.87. The molecule has 12 rings (SSSR count). The summed E-state index contributed by atoms with van der Waals surface area (Å²) in [6.07, 6.45) is 11.7. The first-order valence-corrected chi connectivity index (χ1v) is 31.6. The van der Waals surface area contributed by atoms with E-state index in [1.165, 1.54) is 38.4 Å². The number of amides is 5. The van der Waals surface area contributed by atoms with Crippen LogP contribution in [0.5, 0.6) is 0 Å². The first-order valence-electron chi connectivity index (χ1n) is 30.2. The Morgan fingerprint density at radius 1 is 0.500 bits per heavy atom. The number of para-hydroxylation sites is 3. The first-order chi connectivity index (χ1) is 45.1. The van der Waals surface area contributed by atoms with Gasteiger partial charge in [-0.25, -0.2) is 14.4 Å². The number of halogens is 3. The number of pyridine rings is 3. The maximum Gasteiger partial charge on any atom is 0.408 e. The standard InChI is InChI=1S/C25H27N3O4.C22H21N3O4.C20H19N3O2.C2H3ClO2.CH2Cl2/c1-25(2,3)32-24(31)28-21-10-6-7-15-11-12-16(13-18(15)21)27-23(30)19-14-26-20-9-5-4-8-17(20)22(19)29;1-29-22(28)25-19-8-4-5-13-9-10-14(11-16(13)19)24-21(27)17-12-23-18-7-3-2-6-15(18)20(17)26;21-17-6-3-4-12-8-9-13(10-15(12)17)23-20(25)16-11-22-18-7-2-1-5-14(18)19(16)24;1-5-2(3)4;2-1-3/h4-5,8-9,11-14,21H,6-7,10H2,1-3H3,(H,26,29)(H,27,30)(H,28,31);2-3,6-7,9-12,19H,4-5,8H2,1H3,(H,23,26)(H,24,27)(H,25,28);1-2,5,7-11,17H,3-4,6,21H2,(H,22,24)(H,23,25);1H3;1H2. The van der Waals surface area contributed by atoms with E-state index in [-0.39, 0.29) is 56.4 Å². The van der Waals surface area contributed by atoms with Crippen LogP contribution in [0.3, 0.4) is 0 Å². The molecule has 0 aliphatic heterocycles. The van der Waals surface area contributed by atoms with Gasteiger partial charge in [0.25, 0.3) is 17.7 Å². The van der Waals surface area contributed by atoms with Crippen LogP contribution in [0.15, 0.2) is 160 Å². The van der Waals surface area contributed by atoms with Crippen molar-refractivity contribution >= 4 is 120 Å². The molecule has 0 spiro atoms. The zero-order valence-electron chi connectivity index (χ0n) is 52.3. The topological polar surface area (TPSA) is 315 Å². The van der Waals surface area contributed by atoms with Gasteiger partial charge in [0.05, 0.1) is 31.6 Å². The van der Waals surface area contributed by atoms with Crippen LogP contribution in [0.1, 0.15) is 142 Å². The summed E-state index contributed by atoms with van der Waals surface area (Å²) in [6.45, 7) is 5.47. The molecule has 0 saturated carbocycles. The van der Waals surface area contributed by atoms with Crippen LogP contribution in [-0.2, 0) is 33.5 Å². The van der Waals surface area contributed by atoms with Crippen molar-refractivity contribution in [1.29, 1.82) is 0 Å². The van der Waals surface area contributed by atoms with E-state index in [0.717, 1.165) is 85.6 Å². The van der Waals surface area contributed by atoms with Crippen LogP contribution in [0.25, 0.3) is 32.7 Å². The summed E-state index contributed by atoms with van der Waals surface area (Å²) in [5, 5.41) is 15.9. The second-order valence-electron chi connectivity index (χ2n) is 23.0. The largest absolute Gasteiger partial charge is 0.457 e. The number of methoxy groups -OCH3 is 2. The van der Waals surface area contributed by atoms with Gasteiger partial charge in [0.1, 0.15) is 22.3 Å². The maximum absolute atomic E-state index is 12.8. The number of aryl methyl sites for hydroxylation is 3. The fourth-order valence-electron chi connectivity index (χ4n) is 11.2. The van der Waals surface area contributed by atoms with Crippen molar-refractivity contribution in [3.8, 4) is 0 Å². The summed E-state index contributed by atoms with van der Waals surface area (Å²) in [5.74, 6) is -1.38. The number of H-pyrrole nitrogens is 3. The van der Waals surface area contributed by atoms with Crippen molar-refractivity contribution < 1.29 is 43.0 Å². The third kappa shape index (κ3) is 18.3. The van der Waals surface area contributed by atoms with Crippen LogP contribution >= 0.6 is 34.8 Å². The van der Waals surface area contributed by atoms with Crippen LogP contribution in [0.2, 0.25) is 0 Å². The summed E-state index contributed by atoms with van der Waals surface area (Å²) < 4.78 is 14.0. The average Bonchev–Trinajstić information content (AvgIpc) is 0.836. The highest BCUT2D eigenvalue weighted by molar-refractivity contribution is 6.61. The Morgan fingerprint density at radius 2 is 0.830 bits per heavy atom. The minimum atomic E-state index is -0.773. The molecule has 5 amide bonds. The molecule has 10 N–H and O–H groups in total. The number of aromatic amines is 3. The molecule has 94 heavy (non-hydrogen) atoms. The zero-order chi connectivity index (χ0) is 67.6. The highest BCUT2D eigenvalue weighted by Gasteiger charge is 2.27. The molecule has 24 heteroatoms. The lowest BCUT2D eigenvalue weighted by Crippen LogP contribution is -2.36. The van der Waals surface area contributed by atoms with E-state index in [1.807, 2.05) is 99.6 Å². The Morgan fingerprint density at radius 3 is 1.18 bits per heavy atom. The smallest absolute Gasteiger partial charge is 0.408 e. The predicted octanol–water partition coefficient (Wildman–Crippen LogP) is 13.7. The number of nitrogens with one attached hydrogen (secondary N) is 8. The second kappa shape index (κ2) is 32.7. The van der Waals surface area contributed by atoms with Gasteiger partial charge in [0.15, 0.2) is 0 Å². The van der Waals surface area contributed by atoms with Gasteiger partial charge in [-0.15, -0.1) is 23.2 Å². The summed E-state index contributed by atoms with van der Waals surface area (Å²) in [7, 11) is 2.55. The van der Waals surface area contributed by atoms with Gasteiger partial charge in [0.2, 0.25) is 16.3 Å². The van der Waals surface area contributed by atoms with Gasteiger partial charge in [0, 0.05) is 86.0 Å². The second-order valence-corrected chi connectivity index (χ2v) is 24.2. The molecule has 21 nitrogen and oxygen atoms in total. The third-order valence-electron chi connectivity index (χ3n) is 15.6. The monoisotopic (exact) mass is 1340 g/mol. The Bertz CT molecular complexity index is 4450. The molecule has 3 aliphatic carbocycles. The van der Waals surface area contributed by atoms with Crippen molar-refractivity contribution in [2.75, 3.05) is 35.5 Å². The van der Waals surface area contributed by atoms with Crippen molar-refractivity contribution in [2.24, 2.45) is 5.73 Å². The van der Waals surface area contributed by atoms with E-state index >= 15 is 0 Å². The van der Waals surface area contributed by atoms with E-state index in [4.69, 9.17) is 38.4 Å². The first kappa shape index (κ1) is 70.1. The molecule has 0 bridgehead atoms. The molecule has 3 aromatic heterocycles. The SMILES string of the molecule is CC(C)(C)OC(=O)NC1CCCc2ccc(NC(=O)c3c[nH]c4ccccc4c3=O)cc21.COC(=O)Cl.COC(=O)NC1CCCc2ccc(NC(=O)c3c[nH]c4ccccc4c3=O)cc21.ClCCl.NC1CCCc2ccc(NC(=O)c3c[nH]c4ccccc4c3=O)cc21. The minimum absolute atomic E-state index is 0.00433. The Balaban J connectivity index is 0.000000172. The lowest BCUT2D eigenvalue weighted by Gasteiger charge is -2.28. The number of anilines is 3. The van der Waals surface area contributed by atoms with Crippen molar-refractivity contribution in [3.63, 3.8) is 0 Å². The Labute approximate surface area is 555 Å². The molecular formula is C70H72Cl3N9O12. The maximum atomic E-state index is 12.8. The summed E-state index contributed by atoms with van der Waals surface area (Å²) in [4.78, 5) is 118. The molecule has 0 saturated heterocycles. The van der Waals surface area contributed by atoms with Crippen molar-refractivity contribution in [2.45, 2.75) is 102 Å². The fraction of sp³-hybridized carbons (Fsp3) is 0.271. The number of nitrogens with two attached hydrogens (primary N) is 1. The highest BCUT2D eigenvalue weighted by atomic mass is 35.5. The van der Waals surface area contributed by atoms with Gasteiger partial charge >= 0.3 is 17.6 Å². The van der Waals surface area contributed by atoms with Gasteiger partial charge in [-0.2, -0.15) is 0 Å². The number of carbonyl (C=O) groups excluding carboxylic acids is 6. The van der Waals surface area contributed by atoms with E-state index in [1.54, 1.807) is 48.5 Å². The fourth-order valence-corrected chi connectivity index (χ4v) is 11.2. The average molecular weight is 1340 g/mol. The van der Waals surface area contributed by atoms with Crippen molar-refractivity contribution in [3.05, 3.63) is 227 Å². The number of rotatable bonds is 8. The highest BCUT2D eigenvalue weighted by Crippen LogP contribution is 2.35. The summed E-state index contributed by atoms with van der Waals surface area (Å²) in [5.41, 5.74) is 14.4. The van der Waals surface area contributed by atoms with Crippen LogP contribution in [0.4, 0.5) is 31.4 Å². The molecule has 3 unspecified atom stereocenters. The van der Waals surface area contributed by atoms with Crippen molar-refractivity contribution in [1.82, 2.24) is 25.6 Å². The number of ether oxygens (including phenoxy) is 3. The number of benzene rings is 6. The molecule has 3 aliphatic rings. The number of fused-ring (bicyclic) bond motifs is 6. The van der Waals surface area contributed by atoms with Gasteiger partial charge in [-0.05, 0) is 185 Å². The molecule has 3 atom stereocenters. The predicted molar refractivity (Wildman–Crippen MR) is 368 cm³/mol. The van der Waals surface area contributed by atoms with Crippen LogP contribution in [0, 0.1) is 0 Å². The van der Waals surface area contributed by atoms with Gasteiger partial charge < -0.3 is 61.5 Å². The quantitative estimate of drug-likeness (QED) is 0.0389. The molecule has 6 aromatic carbocycles. The molecule has 490 valence electrons. The summed E-state index contributed by atoms with van der Waals surface area (Å²) in [6, 6.07) is 38.0. The van der Waals surface area contributed by atoms with E-state index in [9.17, 15) is 43.2 Å². The normalized spacial score (nSPS) is 15.0. The zero-order valence-corrected chi connectivity index (χ0v) is 54.5.